The molecule has 0 fully saturated rings. The molecule has 0 radical (unpaired) electrons. The number of anilines is 2. The van der Waals surface area contributed by atoms with Crippen LogP contribution in [0.5, 0.6) is 0 Å². The molecule has 0 spiro atoms. The van der Waals surface area contributed by atoms with E-state index in [9.17, 15) is 0 Å². The average molecular weight is 302 g/mol. The molecule has 8 nitrogen and oxygen atoms in total. The summed E-state index contributed by atoms with van der Waals surface area (Å²) in [6.45, 7) is 1.74. The Kier molecular flexibility index (Phi) is 2.74. The number of hydrogen-bond donors (Lipinski definition) is 0. The molecule has 3 aromatic rings. The van der Waals surface area contributed by atoms with Crippen LogP contribution in [0, 0.1) is 0 Å². The van der Waals surface area contributed by atoms with Gasteiger partial charge in [0, 0.05) is 31.9 Å². The van der Waals surface area contributed by atoms with Gasteiger partial charge in [-0.3, -0.25) is 0 Å². The summed E-state index contributed by atoms with van der Waals surface area (Å²) >= 11 is 1.75. The Hall–Kier alpha value is -2.29. The van der Waals surface area contributed by atoms with Crippen LogP contribution in [0.1, 0.15) is 10.6 Å². The molecule has 0 N–H and O–H groups in total. The molecule has 1 aliphatic rings. The standard InChI is InChI=1S/C12H14N8S/c1-18(2)12-13-8-5-6-19(7-9(8)21-12)11-4-3-10-14-16-17-20(10)15-11/h3-4H,5-7H2,1-2H3. The van der Waals surface area contributed by atoms with Gasteiger partial charge in [-0.15, -0.1) is 14.8 Å². The summed E-state index contributed by atoms with van der Waals surface area (Å²) in [6, 6.07) is 3.85. The van der Waals surface area contributed by atoms with E-state index in [1.807, 2.05) is 26.2 Å². The van der Waals surface area contributed by atoms with Crippen LogP contribution >= 0.6 is 11.3 Å². The molecule has 0 atom stereocenters. The van der Waals surface area contributed by atoms with Gasteiger partial charge in [0.25, 0.3) is 0 Å². The first-order valence-corrected chi connectivity index (χ1v) is 7.48. The van der Waals surface area contributed by atoms with Gasteiger partial charge in [-0.2, -0.15) is 0 Å². The van der Waals surface area contributed by atoms with E-state index in [1.54, 1.807) is 11.3 Å². The third-order valence-corrected chi connectivity index (χ3v) is 4.73. The quantitative estimate of drug-likeness (QED) is 0.686. The van der Waals surface area contributed by atoms with Crippen LogP contribution < -0.4 is 9.80 Å². The third-order valence-electron chi connectivity index (χ3n) is 3.48. The maximum atomic E-state index is 4.68. The van der Waals surface area contributed by atoms with Crippen LogP contribution in [-0.4, -0.2) is 50.9 Å². The Morgan fingerprint density at radius 1 is 1.29 bits per heavy atom. The zero-order chi connectivity index (χ0) is 14.4. The van der Waals surface area contributed by atoms with E-state index in [1.165, 1.54) is 15.2 Å². The summed E-state index contributed by atoms with van der Waals surface area (Å²) in [5.74, 6) is 0.889. The normalized spacial score (nSPS) is 14.5. The predicted molar refractivity (Wildman–Crippen MR) is 79.8 cm³/mol. The minimum atomic E-state index is 0.657. The molecule has 0 unspecified atom stereocenters. The lowest BCUT2D eigenvalue weighted by molar-refractivity contribution is 0.679. The highest BCUT2D eigenvalue weighted by molar-refractivity contribution is 7.15. The fourth-order valence-electron chi connectivity index (χ4n) is 2.38. The Morgan fingerprint density at radius 2 is 2.19 bits per heavy atom. The van der Waals surface area contributed by atoms with Crippen molar-refractivity contribution < 1.29 is 0 Å². The predicted octanol–water partition coefficient (Wildman–Crippen LogP) is 0.604. The van der Waals surface area contributed by atoms with Crippen molar-refractivity contribution >= 4 is 27.9 Å². The molecular weight excluding hydrogens is 288 g/mol. The fourth-order valence-corrected chi connectivity index (χ4v) is 3.42. The Morgan fingerprint density at radius 3 is 3.05 bits per heavy atom. The van der Waals surface area contributed by atoms with Crippen molar-refractivity contribution in [2.75, 3.05) is 30.4 Å². The van der Waals surface area contributed by atoms with Gasteiger partial charge in [0.2, 0.25) is 0 Å². The van der Waals surface area contributed by atoms with Crippen LogP contribution in [0.25, 0.3) is 5.65 Å². The molecule has 0 saturated carbocycles. The second-order valence-corrected chi connectivity index (χ2v) is 6.21. The lowest BCUT2D eigenvalue weighted by atomic mass is 10.2. The zero-order valence-corrected chi connectivity index (χ0v) is 12.6. The van der Waals surface area contributed by atoms with E-state index >= 15 is 0 Å². The van der Waals surface area contributed by atoms with E-state index in [0.717, 1.165) is 30.5 Å². The van der Waals surface area contributed by atoms with Gasteiger partial charge in [-0.25, -0.2) is 4.98 Å². The first-order chi connectivity index (χ1) is 10.2. The lowest BCUT2D eigenvalue weighted by Crippen LogP contribution is -2.30. The maximum Gasteiger partial charge on any atom is 0.200 e. The molecule has 0 bridgehead atoms. The van der Waals surface area contributed by atoms with Crippen molar-refractivity contribution in [2.24, 2.45) is 0 Å². The Bertz CT molecular complexity index is 792. The lowest BCUT2D eigenvalue weighted by Gasteiger charge is -2.26. The number of thiazole rings is 1. The van der Waals surface area contributed by atoms with Crippen molar-refractivity contribution in [1.82, 2.24) is 30.2 Å². The molecule has 4 rings (SSSR count). The first-order valence-electron chi connectivity index (χ1n) is 6.67. The molecule has 21 heavy (non-hydrogen) atoms. The second-order valence-electron chi connectivity index (χ2n) is 5.15. The summed E-state index contributed by atoms with van der Waals surface area (Å²) in [6.07, 6.45) is 0.939. The van der Waals surface area contributed by atoms with Crippen LogP contribution in [-0.2, 0) is 13.0 Å². The topological polar surface area (TPSA) is 75.3 Å². The van der Waals surface area contributed by atoms with E-state index < -0.39 is 0 Å². The summed E-state index contributed by atoms with van der Waals surface area (Å²) in [5, 5.41) is 16.8. The highest BCUT2D eigenvalue weighted by Gasteiger charge is 2.22. The van der Waals surface area contributed by atoms with E-state index in [4.69, 9.17) is 0 Å². The van der Waals surface area contributed by atoms with Gasteiger partial charge >= 0.3 is 0 Å². The average Bonchev–Trinajstić information content (AvgIpc) is 3.12. The summed E-state index contributed by atoms with van der Waals surface area (Å²) in [4.78, 5) is 10.3. The number of aromatic nitrogens is 6. The van der Waals surface area contributed by atoms with Gasteiger partial charge in [-0.1, -0.05) is 11.3 Å². The van der Waals surface area contributed by atoms with Gasteiger partial charge in [0.1, 0.15) is 0 Å². The molecular formula is C12H14N8S. The first kappa shape index (κ1) is 12.5. The van der Waals surface area contributed by atoms with Crippen molar-refractivity contribution in [3.05, 3.63) is 22.7 Å². The molecule has 3 aromatic heterocycles. The number of tetrazole rings is 1. The molecule has 0 aliphatic carbocycles. The van der Waals surface area contributed by atoms with Crippen LogP contribution in [0.2, 0.25) is 0 Å². The summed E-state index contributed by atoms with van der Waals surface area (Å²) < 4.78 is 1.46. The van der Waals surface area contributed by atoms with E-state index in [-0.39, 0.29) is 0 Å². The number of rotatable bonds is 2. The van der Waals surface area contributed by atoms with Gasteiger partial charge in [0.05, 0.1) is 12.2 Å². The third kappa shape index (κ3) is 2.09. The van der Waals surface area contributed by atoms with Crippen molar-refractivity contribution in [3.63, 3.8) is 0 Å². The molecule has 1 aliphatic heterocycles. The van der Waals surface area contributed by atoms with E-state index in [0.29, 0.717) is 5.65 Å². The van der Waals surface area contributed by atoms with E-state index in [2.05, 4.69) is 35.4 Å². The van der Waals surface area contributed by atoms with Crippen molar-refractivity contribution in [1.29, 1.82) is 0 Å². The molecule has 108 valence electrons. The maximum absolute atomic E-state index is 4.68. The van der Waals surface area contributed by atoms with Gasteiger partial charge < -0.3 is 9.80 Å². The van der Waals surface area contributed by atoms with Crippen molar-refractivity contribution in [3.8, 4) is 0 Å². The molecule has 4 heterocycles. The Balaban J connectivity index is 1.64. The second kappa shape index (κ2) is 4.62. The van der Waals surface area contributed by atoms with Crippen molar-refractivity contribution in [2.45, 2.75) is 13.0 Å². The zero-order valence-electron chi connectivity index (χ0n) is 11.8. The summed E-state index contributed by atoms with van der Waals surface area (Å²) in [7, 11) is 4.05. The fraction of sp³-hybridized carbons (Fsp3) is 0.417. The Labute approximate surface area is 125 Å². The molecule has 0 amide bonds. The smallest absolute Gasteiger partial charge is 0.200 e. The highest BCUT2D eigenvalue weighted by Crippen LogP contribution is 2.31. The van der Waals surface area contributed by atoms with Crippen LogP contribution in [0.4, 0.5) is 10.9 Å². The number of nitrogens with zero attached hydrogens (tertiary/aromatic N) is 8. The monoisotopic (exact) mass is 302 g/mol. The van der Waals surface area contributed by atoms with Gasteiger partial charge in [-0.05, 0) is 22.6 Å². The van der Waals surface area contributed by atoms with Crippen LogP contribution in [0.15, 0.2) is 12.1 Å². The number of fused-ring (bicyclic) bond motifs is 2. The minimum Gasteiger partial charge on any atom is -0.354 e. The molecule has 0 saturated heterocycles. The highest BCUT2D eigenvalue weighted by atomic mass is 32.1. The molecule has 9 heteroatoms. The number of hydrogen-bond acceptors (Lipinski definition) is 8. The molecule has 0 aromatic carbocycles. The van der Waals surface area contributed by atoms with Crippen LogP contribution in [0.3, 0.4) is 0 Å². The SMILES string of the molecule is CN(C)c1nc2c(s1)CN(c1ccc3nnnn3n1)CC2. The van der Waals surface area contributed by atoms with Gasteiger partial charge in [0.15, 0.2) is 16.6 Å². The summed E-state index contributed by atoms with van der Waals surface area (Å²) in [5.41, 5.74) is 1.87. The minimum absolute atomic E-state index is 0.657. The largest absolute Gasteiger partial charge is 0.354 e.